The molecule has 1 N–H and O–H groups in total. The first-order valence-electron chi connectivity index (χ1n) is 5.11. The molecule has 2 heterocycles. The van der Waals surface area contributed by atoms with E-state index in [1.165, 1.54) is 17.2 Å². The van der Waals surface area contributed by atoms with E-state index in [1.807, 2.05) is 6.07 Å². The molecule has 1 aliphatic rings. The van der Waals surface area contributed by atoms with Gasteiger partial charge in [-0.3, -0.25) is 0 Å². The van der Waals surface area contributed by atoms with Gasteiger partial charge >= 0.3 is 6.09 Å². The average Bonchev–Trinajstić information content (AvgIpc) is 2.39. The van der Waals surface area contributed by atoms with Crippen LogP contribution < -0.4 is 0 Å². The van der Waals surface area contributed by atoms with E-state index in [0.29, 0.717) is 31.0 Å². The fourth-order valence-electron chi connectivity index (χ4n) is 1.62. The highest BCUT2D eigenvalue weighted by Crippen LogP contribution is 2.19. The van der Waals surface area contributed by atoms with Crippen LogP contribution in [0, 0.1) is 11.3 Å². The Balaban J connectivity index is 2.19. The summed E-state index contributed by atoms with van der Waals surface area (Å²) < 4.78 is 0. The van der Waals surface area contributed by atoms with Crippen molar-refractivity contribution in [1.29, 1.82) is 5.26 Å². The lowest BCUT2D eigenvalue weighted by atomic mass is 10.1. The van der Waals surface area contributed by atoms with Crippen molar-refractivity contribution in [2.24, 2.45) is 0 Å². The Kier molecular flexibility index (Phi) is 3.01. The summed E-state index contributed by atoms with van der Waals surface area (Å²) in [6.07, 6.45) is 2.97. The predicted molar refractivity (Wildman–Crippen MR) is 58.9 cm³/mol. The summed E-state index contributed by atoms with van der Waals surface area (Å²) in [6.45, 7) is 0.770. The Labute approximate surface area is 97.8 Å². The maximum absolute atomic E-state index is 10.7. The fourth-order valence-corrected chi connectivity index (χ4v) is 1.62. The highest BCUT2D eigenvalue weighted by molar-refractivity contribution is 5.69. The van der Waals surface area contributed by atoms with Crippen molar-refractivity contribution >= 4 is 11.7 Å². The van der Waals surface area contributed by atoms with Gasteiger partial charge in [-0.25, -0.2) is 14.8 Å². The maximum atomic E-state index is 10.7. The van der Waals surface area contributed by atoms with Crippen LogP contribution in [0.3, 0.4) is 0 Å². The van der Waals surface area contributed by atoms with Crippen LogP contribution in [0.4, 0.5) is 4.79 Å². The first-order chi connectivity index (χ1) is 8.20. The molecule has 0 bridgehead atoms. The zero-order valence-corrected chi connectivity index (χ0v) is 9.00. The summed E-state index contributed by atoms with van der Waals surface area (Å²) in [5, 5.41) is 17.5. The minimum Gasteiger partial charge on any atom is -0.465 e. The molecule has 0 unspecified atom stereocenters. The monoisotopic (exact) mass is 230 g/mol. The Morgan fingerprint density at radius 1 is 1.59 bits per heavy atom. The largest absolute Gasteiger partial charge is 0.465 e. The highest BCUT2D eigenvalue weighted by atomic mass is 16.4. The third kappa shape index (κ3) is 2.39. The van der Waals surface area contributed by atoms with Crippen molar-refractivity contribution in [3.63, 3.8) is 0 Å². The molecule has 0 aromatic carbocycles. The molecule has 2 rings (SSSR count). The predicted octanol–water partition coefficient (Wildman–Crippen LogP) is 1.12. The third-order valence-corrected chi connectivity index (χ3v) is 2.54. The highest BCUT2D eigenvalue weighted by Gasteiger charge is 2.18. The van der Waals surface area contributed by atoms with E-state index in [2.05, 4.69) is 9.97 Å². The van der Waals surface area contributed by atoms with Crippen molar-refractivity contribution in [2.75, 3.05) is 13.1 Å². The lowest BCUT2D eigenvalue weighted by Gasteiger charge is -2.22. The van der Waals surface area contributed by atoms with Gasteiger partial charge in [-0.05, 0) is 18.1 Å². The molecule has 0 atom stereocenters. The Morgan fingerprint density at radius 2 is 2.41 bits per heavy atom. The zero-order valence-electron chi connectivity index (χ0n) is 9.00. The van der Waals surface area contributed by atoms with E-state index in [-0.39, 0.29) is 0 Å². The number of amides is 1. The summed E-state index contributed by atoms with van der Waals surface area (Å²) >= 11 is 0. The molecule has 1 aromatic rings. The molecule has 0 fully saturated rings. The first kappa shape index (κ1) is 11.1. The van der Waals surface area contributed by atoms with Crippen LogP contribution >= 0.6 is 0 Å². The van der Waals surface area contributed by atoms with Crippen LogP contribution in [0.2, 0.25) is 0 Å². The molecular weight excluding hydrogens is 220 g/mol. The molecule has 6 heteroatoms. The van der Waals surface area contributed by atoms with Gasteiger partial charge in [-0.1, -0.05) is 6.08 Å². The number of rotatable bonds is 1. The van der Waals surface area contributed by atoms with Gasteiger partial charge in [-0.2, -0.15) is 5.26 Å². The number of carbonyl (C=O) groups is 1. The summed E-state index contributed by atoms with van der Waals surface area (Å²) in [7, 11) is 0. The van der Waals surface area contributed by atoms with Crippen LogP contribution in [0.5, 0.6) is 0 Å². The molecule has 1 aliphatic heterocycles. The van der Waals surface area contributed by atoms with Crippen LogP contribution in [-0.4, -0.2) is 39.2 Å². The number of aromatic nitrogens is 2. The van der Waals surface area contributed by atoms with Crippen LogP contribution in [0.15, 0.2) is 18.3 Å². The number of nitrogens with zero attached hydrogens (tertiary/aromatic N) is 4. The van der Waals surface area contributed by atoms with Crippen molar-refractivity contribution < 1.29 is 9.90 Å². The van der Waals surface area contributed by atoms with Crippen molar-refractivity contribution in [3.8, 4) is 6.07 Å². The molecule has 0 radical (unpaired) electrons. The SMILES string of the molecule is N#Cc1ccnc(C2=CCN(C(=O)O)CC2)n1. The van der Waals surface area contributed by atoms with Gasteiger partial charge in [-0.15, -0.1) is 0 Å². The second-order valence-corrected chi connectivity index (χ2v) is 3.59. The first-order valence-corrected chi connectivity index (χ1v) is 5.11. The van der Waals surface area contributed by atoms with Gasteiger partial charge in [0.15, 0.2) is 5.82 Å². The van der Waals surface area contributed by atoms with Gasteiger partial charge in [0.2, 0.25) is 0 Å². The van der Waals surface area contributed by atoms with Crippen LogP contribution in [0.1, 0.15) is 17.9 Å². The normalized spacial score (nSPS) is 15.0. The van der Waals surface area contributed by atoms with Crippen molar-refractivity contribution in [2.45, 2.75) is 6.42 Å². The molecule has 6 nitrogen and oxygen atoms in total. The van der Waals surface area contributed by atoms with E-state index < -0.39 is 6.09 Å². The van der Waals surface area contributed by atoms with Gasteiger partial charge in [0.05, 0.1) is 0 Å². The summed E-state index contributed by atoms with van der Waals surface area (Å²) in [5.41, 5.74) is 1.20. The second-order valence-electron chi connectivity index (χ2n) is 3.59. The lowest BCUT2D eigenvalue weighted by Crippen LogP contribution is -2.33. The van der Waals surface area contributed by atoms with Crippen LogP contribution in [-0.2, 0) is 0 Å². The Bertz CT molecular complexity index is 518. The number of nitriles is 1. The third-order valence-electron chi connectivity index (χ3n) is 2.54. The molecule has 0 saturated heterocycles. The van der Waals surface area contributed by atoms with Crippen LogP contribution in [0.25, 0.3) is 5.57 Å². The summed E-state index contributed by atoms with van der Waals surface area (Å²) in [6, 6.07) is 3.49. The second kappa shape index (κ2) is 4.61. The van der Waals surface area contributed by atoms with E-state index >= 15 is 0 Å². The minimum absolute atomic E-state index is 0.316. The Morgan fingerprint density at radius 3 is 3.00 bits per heavy atom. The van der Waals surface area contributed by atoms with E-state index in [1.54, 1.807) is 6.08 Å². The van der Waals surface area contributed by atoms with Gasteiger partial charge in [0, 0.05) is 19.3 Å². The zero-order chi connectivity index (χ0) is 12.3. The smallest absolute Gasteiger partial charge is 0.407 e. The van der Waals surface area contributed by atoms with E-state index in [4.69, 9.17) is 10.4 Å². The average molecular weight is 230 g/mol. The molecular formula is C11H10N4O2. The number of hydrogen-bond donors (Lipinski definition) is 1. The summed E-state index contributed by atoms with van der Waals surface area (Å²) in [5.74, 6) is 0.508. The van der Waals surface area contributed by atoms with Gasteiger partial charge in [0.25, 0.3) is 0 Å². The van der Waals surface area contributed by atoms with E-state index in [0.717, 1.165) is 5.57 Å². The molecule has 0 saturated carbocycles. The molecule has 86 valence electrons. The minimum atomic E-state index is -0.924. The molecule has 1 aromatic heterocycles. The van der Waals surface area contributed by atoms with Gasteiger partial charge in [0.1, 0.15) is 11.8 Å². The number of hydrogen-bond acceptors (Lipinski definition) is 4. The summed E-state index contributed by atoms with van der Waals surface area (Å²) in [4.78, 5) is 20.2. The Hall–Kier alpha value is -2.42. The molecule has 0 spiro atoms. The number of carboxylic acid groups (broad SMARTS) is 1. The quantitative estimate of drug-likeness (QED) is 0.780. The standard InChI is InChI=1S/C11H10N4O2/c12-7-9-1-4-13-10(14-9)8-2-5-15(6-3-8)11(16)17/h1-2,4H,3,5-6H2,(H,16,17). The molecule has 17 heavy (non-hydrogen) atoms. The van der Waals surface area contributed by atoms with Crippen molar-refractivity contribution in [1.82, 2.24) is 14.9 Å². The molecule has 1 amide bonds. The van der Waals surface area contributed by atoms with E-state index in [9.17, 15) is 4.79 Å². The maximum Gasteiger partial charge on any atom is 0.407 e. The fraction of sp³-hybridized carbons (Fsp3) is 0.273. The molecule has 0 aliphatic carbocycles. The topological polar surface area (TPSA) is 90.1 Å². The van der Waals surface area contributed by atoms with Crippen molar-refractivity contribution in [3.05, 3.63) is 29.9 Å². The lowest BCUT2D eigenvalue weighted by molar-refractivity contribution is 0.150. The van der Waals surface area contributed by atoms with Gasteiger partial charge < -0.3 is 10.0 Å².